The normalized spacial score (nSPS) is 12.1. The molecule has 7 N–H and O–H groups in total. The van der Waals surface area contributed by atoms with Crippen molar-refractivity contribution in [2.75, 3.05) is 5.32 Å². The Morgan fingerprint density at radius 2 is 2.00 bits per heavy atom. The van der Waals surface area contributed by atoms with Crippen molar-refractivity contribution in [3.8, 4) is 11.1 Å². The van der Waals surface area contributed by atoms with Gasteiger partial charge in [0.05, 0.1) is 23.1 Å². The van der Waals surface area contributed by atoms with Crippen LogP contribution in [0.1, 0.15) is 0 Å². The SMILES string of the molecule is C=C(N)/C=C\C=C(/N)C(=O)Nc1cc(-c2cccc3[nH]ccc23)cc2[nH]ncc12. The van der Waals surface area contributed by atoms with E-state index in [2.05, 4.69) is 27.1 Å². The number of anilines is 1. The van der Waals surface area contributed by atoms with Crippen LogP contribution in [0.5, 0.6) is 0 Å². The number of H-pyrrole nitrogens is 2. The van der Waals surface area contributed by atoms with E-state index in [-0.39, 0.29) is 5.70 Å². The highest BCUT2D eigenvalue weighted by atomic mass is 16.2. The zero-order chi connectivity index (χ0) is 20.4. The van der Waals surface area contributed by atoms with Crippen LogP contribution >= 0.6 is 0 Å². The molecule has 0 fully saturated rings. The first kappa shape index (κ1) is 18.1. The van der Waals surface area contributed by atoms with Crippen LogP contribution in [0.25, 0.3) is 32.9 Å². The maximum Gasteiger partial charge on any atom is 0.271 e. The minimum atomic E-state index is -0.420. The van der Waals surface area contributed by atoms with Gasteiger partial charge in [-0.3, -0.25) is 9.89 Å². The lowest BCUT2D eigenvalue weighted by Crippen LogP contribution is -2.20. The van der Waals surface area contributed by atoms with Crippen molar-refractivity contribution < 1.29 is 4.79 Å². The molecule has 0 bridgehead atoms. The van der Waals surface area contributed by atoms with Gasteiger partial charge in [0.2, 0.25) is 0 Å². The molecule has 0 atom stereocenters. The van der Waals surface area contributed by atoms with E-state index in [4.69, 9.17) is 11.5 Å². The zero-order valence-electron chi connectivity index (χ0n) is 15.6. The molecule has 144 valence electrons. The van der Waals surface area contributed by atoms with Gasteiger partial charge >= 0.3 is 0 Å². The summed E-state index contributed by atoms with van der Waals surface area (Å²) in [6.45, 7) is 3.56. The summed E-state index contributed by atoms with van der Waals surface area (Å²) in [4.78, 5) is 15.8. The molecule has 1 amide bonds. The van der Waals surface area contributed by atoms with Crippen molar-refractivity contribution in [3.63, 3.8) is 0 Å². The molecule has 7 heteroatoms. The van der Waals surface area contributed by atoms with Gasteiger partial charge in [0.1, 0.15) is 0 Å². The number of amides is 1. The van der Waals surface area contributed by atoms with Crippen LogP contribution < -0.4 is 16.8 Å². The van der Waals surface area contributed by atoms with E-state index in [9.17, 15) is 4.79 Å². The molecule has 0 radical (unpaired) electrons. The number of nitrogens with zero attached hydrogens (tertiary/aromatic N) is 1. The first-order chi connectivity index (χ1) is 14.0. The smallest absolute Gasteiger partial charge is 0.271 e. The summed E-state index contributed by atoms with van der Waals surface area (Å²) in [5, 5.41) is 11.8. The Labute approximate surface area is 166 Å². The average Bonchev–Trinajstić information content (AvgIpc) is 3.36. The van der Waals surface area contributed by atoms with Crippen LogP contribution in [0.15, 0.2) is 85.0 Å². The average molecular weight is 384 g/mol. The van der Waals surface area contributed by atoms with E-state index in [1.54, 1.807) is 18.3 Å². The maximum atomic E-state index is 12.5. The molecule has 2 aromatic heterocycles. The highest BCUT2D eigenvalue weighted by Crippen LogP contribution is 2.33. The Morgan fingerprint density at radius 3 is 2.83 bits per heavy atom. The summed E-state index contributed by atoms with van der Waals surface area (Å²) in [5.74, 6) is -0.420. The first-order valence-electron chi connectivity index (χ1n) is 8.96. The molecule has 0 aliphatic carbocycles. The van der Waals surface area contributed by atoms with E-state index < -0.39 is 5.91 Å². The predicted octanol–water partition coefficient (Wildman–Crippen LogP) is 3.52. The largest absolute Gasteiger partial charge is 0.399 e. The Balaban J connectivity index is 1.73. The van der Waals surface area contributed by atoms with Crippen LogP contribution in [0, 0.1) is 0 Å². The van der Waals surface area contributed by atoms with Gasteiger partial charge in [0, 0.05) is 28.2 Å². The number of aromatic nitrogens is 3. The number of nitrogens with one attached hydrogen (secondary N) is 3. The Morgan fingerprint density at radius 1 is 1.14 bits per heavy atom. The number of fused-ring (bicyclic) bond motifs is 2. The predicted molar refractivity (Wildman–Crippen MR) is 117 cm³/mol. The third-order valence-corrected chi connectivity index (χ3v) is 4.56. The van der Waals surface area contributed by atoms with Crippen LogP contribution in [-0.2, 0) is 4.79 Å². The van der Waals surface area contributed by atoms with Crippen molar-refractivity contribution in [1.82, 2.24) is 15.2 Å². The highest BCUT2D eigenvalue weighted by molar-refractivity contribution is 6.09. The number of rotatable bonds is 5. The number of nitrogens with two attached hydrogens (primary N) is 2. The Hall–Kier alpha value is -4.26. The molecule has 0 aliphatic heterocycles. The number of allylic oxidation sites excluding steroid dienone is 3. The van der Waals surface area contributed by atoms with E-state index in [1.165, 1.54) is 6.08 Å². The van der Waals surface area contributed by atoms with E-state index >= 15 is 0 Å². The van der Waals surface area contributed by atoms with Gasteiger partial charge < -0.3 is 21.8 Å². The van der Waals surface area contributed by atoms with Crippen molar-refractivity contribution in [2.45, 2.75) is 0 Å². The van der Waals surface area contributed by atoms with Crippen molar-refractivity contribution >= 4 is 33.4 Å². The van der Waals surface area contributed by atoms with Gasteiger partial charge in [-0.05, 0) is 47.5 Å². The van der Waals surface area contributed by atoms with Crippen molar-refractivity contribution in [2.24, 2.45) is 11.5 Å². The lowest BCUT2D eigenvalue weighted by molar-refractivity contribution is -0.112. The molecule has 29 heavy (non-hydrogen) atoms. The molecular weight excluding hydrogens is 364 g/mol. The number of hydrogen-bond donors (Lipinski definition) is 5. The third kappa shape index (κ3) is 3.61. The van der Waals surface area contributed by atoms with Gasteiger partial charge in [-0.25, -0.2) is 0 Å². The summed E-state index contributed by atoms with van der Waals surface area (Å²) in [6.07, 6.45) is 8.19. The zero-order valence-corrected chi connectivity index (χ0v) is 15.6. The van der Waals surface area contributed by atoms with Crippen molar-refractivity contribution in [3.05, 3.63) is 85.0 Å². The second kappa shape index (κ2) is 7.40. The van der Waals surface area contributed by atoms with E-state index in [0.717, 1.165) is 32.9 Å². The van der Waals surface area contributed by atoms with Crippen LogP contribution in [0.2, 0.25) is 0 Å². The number of aromatic amines is 2. The fourth-order valence-electron chi connectivity index (χ4n) is 3.19. The second-order valence-corrected chi connectivity index (χ2v) is 6.61. The summed E-state index contributed by atoms with van der Waals surface area (Å²) in [7, 11) is 0. The van der Waals surface area contributed by atoms with Crippen LogP contribution in [0.3, 0.4) is 0 Å². The number of carbonyl (C=O) groups excluding carboxylic acids is 1. The summed E-state index contributed by atoms with van der Waals surface area (Å²) < 4.78 is 0. The molecule has 2 aromatic carbocycles. The molecule has 4 rings (SSSR count). The third-order valence-electron chi connectivity index (χ3n) is 4.56. The summed E-state index contributed by atoms with van der Waals surface area (Å²) in [5.41, 5.74) is 16.2. The van der Waals surface area contributed by atoms with Gasteiger partial charge in [-0.2, -0.15) is 5.10 Å². The lowest BCUT2D eigenvalue weighted by atomic mass is 9.99. The Kier molecular flexibility index (Phi) is 4.62. The van der Waals surface area contributed by atoms with Crippen molar-refractivity contribution in [1.29, 1.82) is 0 Å². The molecule has 0 saturated heterocycles. The highest BCUT2D eigenvalue weighted by Gasteiger charge is 2.13. The van der Waals surface area contributed by atoms with Crippen LogP contribution in [0.4, 0.5) is 5.69 Å². The molecule has 0 spiro atoms. The van der Waals surface area contributed by atoms with Gasteiger partial charge in [0.25, 0.3) is 5.91 Å². The standard InChI is InChI=1S/C22H20N6O/c1-13(23)4-2-6-18(24)22(29)27-20-10-14(11-21-17(20)12-26-28-21)15-5-3-7-19-16(15)8-9-25-19/h2-12,25H,1,23-24H2,(H,26,28)(H,27,29)/b4-2-,18-6-. The molecule has 4 aromatic rings. The molecule has 2 heterocycles. The topological polar surface area (TPSA) is 126 Å². The summed E-state index contributed by atoms with van der Waals surface area (Å²) >= 11 is 0. The maximum absolute atomic E-state index is 12.5. The monoisotopic (exact) mass is 384 g/mol. The van der Waals surface area contributed by atoms with E-state index in [1.807, 2.05) is 42.6 Å². The minimum absolute atomic E-state index is 0.0530. The first-order valence-corrected chi connectivity index (χ1v) is 8.96. The number of carbonyl (C=O) groups is 1. The van der Waals surface area contributed by atoms with Gasteiger partial charge in [-0.15, -0.1) is 0 Å². The summed E-state index contributed by atoms with van der Waals surface area (Å²) in [6, 6.07) is 12.0. The molecular formula is C22H20N6O. The quantitative estimate of drug-likeness (QED) is 0.267. The molecule has 7 nitrogen and oxygen atoms in total. The van der Waals surface area contributed by atoms with E-state index in [0.29, 0.717) is 11.4 Å². The fourth-order valence-corrected chi connectivity index (χ4v) is 3.19. The minimum Gasteiger partial charge on any atom is -0.399 e. The molecule has 0 saturated carbocycles. The van der Waals surface area contributed by atoms with Crippen LogP contribution in [-0.4, -0.2) is 21.1 Å². The Bertz CT molecular complexity index is 1290. The number of benzene rings is 2. The number of hydrogen-bond acceptors (Lipinski definition) is 4. The fraction of sp³-hybridized carbons (Fsp3) is 0. The second-order valence-electron chi connectivity index (χ2n) is 6.61. The molecule has 0 unspecified atom stereocenters. The van der Waals surface area contributed by atoms with Gasteiger partial charge in [-0.1, -0.05) is 24.8 Å². The van der Waals surface area contributed by atoms with Gasteiger partial charge in [0.15, 0.2) is 0 Å². The molecule has 0 aliphatic rings. The lowest BCUT2D eigenvalue weighted by Gasteiger charge is -2.10.